The molecule has 0 aromatic heterocycles. The molecule has 1 saturated carbocycles. The number of benzene rings is 1. The van der Waals surface area contributed by atoms with Gasteiger partial charge < -0.3 is 0 Å². The Labute approximate surface area is 92.4 Å². The van der Waals surface area contributed by atoms with E-state index in [4.69, 9.17) is 11.6 Å². The molecule has 0 N–H and O–H groups in total. The summed E-state index contributed by atoms with van der Waals surface area (Å²) in [6.07, 6.45) is 2.70. The lowest BCUT2D eigenvalue weighted by atomic mass is 9.96. The van der Waals surface area contributed by atoms with Crippen LogP contribution in [0.4, 0.5) is 0 Å². The second-order valence-corrected chi connectivity index (χ2v) is 4.88. The fourth-order valence-corrected chi connectivity index (χ4v) is 2.57. The molecule has 13 heavy (non-hydrogen) atoms. The SMILES string of the molecule is ClCC(c1cccc(Br)c1)C1CC1. The van der Waals surface area contributed by atoms with Gasteiger partial charge in [0.2, 0.25) is 0 Å². The molecule has 0 heterocycles. The Morgan fingerprint density at radius 3 is 2.77 bits per heavy atom. The third kappa shape index (κ3) is 2.26. The van der Waals surface area contributed by atoms with E-state index in [9.17, 15) is 0 Å². The third-order valence-electron chi connectivity index (χ3n) is 2.63. The van der Waals surface area contributed by atoms with Crippen molar-refractivity contribution in [2.45, 2.75) is 18.8 Å². The molecule has 0 spiro atoms. The highest BCUT2D eigenvalue weighted by Gasteiger charge is 2.31. The summed E-state index contributed by atoms with van der Waals surface area (Å²) >= 11 is 9.46. The van der Waals surface area contributed by atoms with Gasteiger partial charge in [0.25, 0.3) is 0 Å². The smallest absolute Gasteiger partial charge is 0.0294 e. The second kappa shape index (κ2) is 4.02. The third-order valence-corrected chi connectivity index (χ3v) is 3.46. The Balaban J connectivity index is 2.21. The molecule has 0 saturated heterocycles. The van der Waals surface area contributed by atoms with Crippen molar-refractivity contribution in [1.82, 2.24) is 0 Å². The monoisotopic (exact) mass is 258 g/mol. The Morgan fingerprint density at radius 2 is 2.23 bits per heavy atom. The van der Waals surface area contributed by atoms with Crippen LogP contribution in [0.5, 0.6) is 0 Å². The van der Waals surface area contributed by atoms with Crippen molar-refractivity contribution in [2.75, 3.05) is 5.88 Å². The minimum Gasteiger partial charge on any atom is -0.126 e. The second-order valence-electron chi connectivity index (χ2n) is 3.65. The first-order chi connectivity index (χ1) is 6.31. The topological polar surface area (TPSA) is 0 Å². The normalized spacial score (nSPS) is 18.6. The van der Waals surface area contributed by atoms with Crippen LogP contribution in [-0.4, -0.2) is 5.88 Å². The number of hydrogen-bond donors (Lipinski definition) is 0. The summed E-state index contributed by atoms with van der Waals surface area (Å²) in [7, 11) is 0. The molecular formula is C11H12BrCl. The molecule has 2 rings (SSSR count). The predicted molar refractivity (Wildman–Crippen MR) is 60.3 cm³/mol. The van der Waals surface area contributed by atoms with E-state index in [2.05, 4.69) is 40.2 Å². The van der Waals surface area contributed by atoms with Gasteiger partial charge >= 0.3 is 0 Å². The molecule has 1 atom stereocenters. The molecule has 1 aromatic carbocycles. The predicted octanol–water partition coefficient (Wildman–Crippen LogP) is 4.18. The average molecular weight is 260 g/mol. The maximum absolute atomic E-state index is 5.97. The molecule has 70 valence electrons. The van der Waals surface area contributed by atoms with Crippen LogP contribution in [0.3, 0.4) is 0 Å². The van der Waals surface area contributed by atoms with Crippen molar-refractivity contribution in [3.05, 3.63) is 34.3 Å². The summed E-state index contributed by atoms with van der Waals surface area (Å²) < 4.78 is 1.15. The molecule has 1 unspecified atom stereocenters. The van der Waals surface area contributed by atoms with Crippen molar-refractivity contribution >= 4 is 27.5 Å². The molecule has 0 nitrogen and oxygen atoms in total. The van der Waals surface area contributed by atoms with Crippen LogP contribution in [0.1, 0.15) is 24.3 Å². The molecule has 0 bridgehead atoms. The van der Waals surface area contributed by atoms with E-state index in [0.29, 0.717) is 5.92 Å². The van der Waals surface area contributed by atoms with Crippen LogP contribution in [0.25, 0.3) is 0 Å². The highest BCUT2D eigenvalue weighted by atomic mass is 79.9. The summed E-state index contributed by atoms with van der Waals surface area (Å²) in [5.41, 5.74) is 1.38. The minimum absolute atomic E-state index is 0.569. The Kier molecular flexibility index (Phi) is 2.95. The number of rotatable bonds is 3. The number of alkyl halides is 1. The largest absolute Gasteiger partial charge is 0.126 e. The molecule has 1 fully saturated rings. The number of hydrogen-bond acceptors (Lipinski definition) is 0. The summed E-state index contributed by atoms with van der Waals surface area (Å²) in [5.74, 6) is 2.16. The minimum atomic E-state index is 0.569. The summed E-state index contributed by atoms with van der Waals surface area (Å²) in [4.78, 5) is 0. The van der Waals surface area contributed by atoms with Crippen LogP contribution in [0.2, 0.25) is 0 Å². The van der Waals surface area contributed by atoms with E-state index in [0.717, 1.165) is 16.3 Å². The van der Waals surface area contributed by atoms with Gasteiger partial charge in [-0.2, -0.15) is 0 Å². The van der Waals surface area contributed by atoms with E-state index in [1.807, 2.05) is 0 Å². The fraction of sp³-hybridized carbons (Fsp3) is 0.455. The number of halogens is 2. The van der Waals surface area contributed by atoms with Crippen LogP contribution < -0.4 is 0 Å². The molecule has 1 aliphatic rings. The van der Waals surface area contributed by atoms with Gasteiger partial charge in [-0.15, -0.1) is 11.6 Å². The zero-order valence-electron chi connectivity index (χ0n) is 7.34. The van der Waals surface area contributed by atoms with Crippen molar-refractivity contribution in [2.24, 2.45) is 5.92 Å². The van der Waals surface area contributed by atoms with Crippen molar-refractivity contribution < 1.29 is 0 Å². The Hall–Kier alpha value is -0.0100. The molecule has 1 aliphatic carbocycles. The first kappa shape index (κ1) is 9.54. The maximum Gasteiger partial charge on any atom is 0.0294 e. The van der Waals surface area contributed by atoms with Gasteiger partial charge in [0.15, 0.2) is 0 Å². The maximum atomic E-state index is 5.97. The van der Waals surface area contributed by atoms with Crippen molar-refractivity contribution in [3.8, 4) is 0 Å². The molecular weight excluding hydrogens is 247 g/mol. The molecule has 0 amide bonds. The van der Waals surface area contributed by atoms with Gasteiger partial charge in [-0.25, -0.2) is 0 Å². The van der Waals surface area contributed by atoms with E-state index in [-0.39, 0.29) is 0 Å². The molecule has 0 aliphatic heterocycles. The quantitative estimate of drug-likeness (QED) is 0.714. The Morgan fingerprint density at radius 1 is 1.46 bits per heavy atom. The zero-order chi connectivity index (χ0) is 9.26. The van der Waals surface area contributed by atoms with Gasteiger partial charge in [-0.1, -0.05) is 28.1 Å². The van der Waals surface area contributed by atoms with E-state index in [1.54, 1.807) is 0 Å². The fourth-order valence-electron chi connectivity index (χ4n) is 1.72. The zero-order valence-corrected chi connectivity index (χ0v) is 9.68. The van der Waals surface area contributed by atoms with Gasteiger partial charge in [-0.3, -0.25) is 0 Å². The van der Waals surface area contributed by atoms with E-state index in [1.165, 1.54) is 18.4 Å². The molecule has 2 heteroatoms. The lowest BCUT2D eigenvalue weighted by molar-refractivity contribution is 0.670. The van der Waals surface area contributed by atoms with Crippen molar-refractivity contribution in [3.63, 3.8) is 0 Å². The van der Waals surface area contributed by atoms with E-state index >= 15 is 0 Å². The highest BCUT2D eigenvalue weighted by molar-refractivity contribution is 9.10. The Bertz CT molecular complexity index is 294. The first-order valence-corrected chi connectivity index (χ1v) is 5.95. The van der Waals surface area contributed by atoms with Crippen LogP contribution in [-0.2, 0) is 0 Å². The van der Waals surface area contributed by atoms with Gasteiger partial charge in [0.1, 0.15) is 0 Å². The lowest BCUT2D eigenvalue weighted by Gasteiger charge is -2.13. The summed E-state index contributed by atoms with van der Waals surface area (Å²) in [6.45, 7) is 0. The summed E-state index contributed by atoms with van der Waals surface area (Å²) in [6, 6.07) is 8.50. The van der Waals surface area contributed by atoms with Gasteiger partial charge in [0.05, 0.1) is 0 Å². The standard InChI is InChI=1S/C11H12BrCl/c12-10-3-1-2-9(6-10)11(7-13)8-4-5-8/h1-3,6,8,11H,4-5,7H2. The average Bonchev–Trinajstić information content (AvgIpc) is 2.90. The van der Waals surface area contributed by atoms with Gasteiger partial charge in [-0.05, 0) is 36.5 Å². The van der Waals surface area contributed by atoms with Crippen LogP contribution in [0.15, 0.2) is 28.7 Å². The first-order valence-electron chi connectivity index (χ1n) is 4.62. The van der Waals surface area contributed by atoms with Gasteiger partial charge in [0, 0.05) is 16.3 Å². The van der Waals surface area contributed by atoms with Crippen LogP contribution >= 0.6 is 27.5 Å². The highest BCUT2D eigenvalue weighted by Crippen LogP contribution is 2.43. The molecule has 0 radical (unpaired) electrons. The lowest BCUT2D eigenvalue weighted by Crippen LogP contribution is -2.02. The van der Waals surface area contributed by atoms with Crippen LogP contribution in [0, 0.1) is 5.92 Å². The van der Waals surface area contributed by atoms with Crippen molar-refractivity contribution in [1.29, 1.82) is 0 Å². The van der Waals surface area contributed by atoms with E-state index < -0.39 is 0 Å². The summed E-state index contributed by atoms with van der Waals surface area (Å²) in [5, 5.41) is 0. The molecule has 1 aromatic rings.